The van der Waals surface area contributed by atoms with Crippen LogP contribution in [-0.2, 0) is 6.54 Å². The third kappa shape index (κ3) is 2.17. The maximum absolute atomic E-state index is 5.98. The molecule has 0 spiro atoms. The second kappa shape index (κ2) is 4.94. The Hall–Kier alpha value is -2.00. The van der Waals surface area contributed by atoms with E-state index < -0.39 is 0 Å². The average Bonchev–Trinajstić information content (AvgIpc) is 3.02. The first-order chi connectivity index (χ1) is 9.29. The van der Waals surface area contributed by atoms with Gasteiger partial charge in [0.25, 0.3) is 0 Å². The highest BCUT2D eigenvalue weighted by molar-refractivity contribution is 5.85. The van der Waals surface area contributed by atoms with Crippen molar-refractivity contribution in [1.29, 1.82) is 0 Å². The molecule has 0 aliphatic rings. The van der Waals surface area contributed by atoms with Crippen LogP contribution in [0.2, 0.25) is 0 Å². The van der Waals surface area contributed by atoms with Crippen molar-refractivity contribution < 1.29 is 8.83 Å². The molecule has 98 valence electrons. The SMILES string of the molecule is CCNCc1occc1-c1cc2cccc(C)c2o1. The largest absolute Gasteiger partial charge is 0.467 e. The zero-order valence-electron chi connectivity index (χ0n) is 11.2. The van der Waals surface area contributed by atoms with Crippen LogP contribution >= 0.6 is 0 Å². The van der Waals surface area contributed by atoms with Gasteiger partial charge in [0.15, 0.2) is 0 Å². The van der Waals surface area contributed by atoms with E-state index in [9.17, 15) is 0 Å². The van der Waals surface area contributed by atoms with Crippen molar-refractivity contribution in [2.45, 2.75) is 20.4 Å². The van der Waals surface area contributed by atoms with Crippen LogP contribution in [0.15, 0.2) is 45.4 Å². The Labute approximate surface area is 112 Å². The first-order valence-electron chi connectivity index (χ1n) is 6.56. The van der Waals surface area contributed by atoms with Gasteiger partial charge in [0.05, 0.1) is 18.4 Å². The summed E-state index contributed by atoms with van der Waals surface area (Å²) in [4.78, 5) is 0. The molecule has 2 heterocycles. The van der Waals surface area contributed by atoms with E-state index in [1.54, 1.807) is 6.26 Å². The molecule has 0 amide bonds. The minimum Gasteiger partial charge on any atom is -0.467 e. The van der Waals surface area contributed by atoms with Crippen molar-refractivity contribution >= 4 is 11.0 Å². The minimum absolute atomic E-state index is 0.717. The minimum atomic E-state index is 0.717. The second-order valence-corrected chi connectivity index (χ2v) is 4.64. The van der Waals surface area contributed by atoms with Crippen molar-refractivity contribution in [2.75, 3.05) is 6.54 Å². The molecule has 0 bridgehead atoms. The van der Waals surface area contributed by atoms with Gasteiger partial charge in [-0.1, -0.05) is 25.1 Å². The van der Waals surface area contributed by atoms with Gasteiger partial charge in [-0.3, -0.25) is 0 Å². The molecular formula is C16H17NO2. The fourth-order valence-electron chi connectivity index (χ4n) is 2.28. The topological polar surface area (TPSA) is 38.3 Å². The molecule has 1 aromatic carbocycles. The zero-order valence-corrected chi connectivity index (χ0v) is 11.2. The van der Waals surface area contributed by atoms with E-state index in [0.29, 0.717) is 0 Å². The molecule has 1 N–H and O–H groups in total. The van der Waals surface area contributed by atoms with Crippen LogP contribution in [0, 0.1) is 6.92 Å². The molecule has 3 heteroatoms. The van der Waals surface area contributed by atoms with Crippen molar-refractivity contribution in [1.82, 2.24) is 5.32 Å². The number of furan rings is 2. The number of hydrogen-bond acceptors (Lipinski definition) is 3. The standard InChI is InChI=1S/C16H17NO2/c1-3-17-10-15-13(7-8-18-15)14-9-12-6-4-5-11(2)16(12)19-14/h4-9,17H,3,10H2,1-2H3. The van der Waals surface area contributed by atoms with Crippen LogP contribution in [0.4, 0.5) is 0 Å². The molecule has 2 aromatic heterocycles. The molecule has 0 aliphatic heterocycles. The van der Waals surface area contributed by atoms with Gasteiger partial charge in [-0.25, -0.2) is 0 Å². The number of hydrogen-bond donors (Lipinski definition) is 1. The van der Waals surface area contributed by atoms with E-state index in [1.807, 2.05) is 12.1 Å². The van der Waals surface area contributed by atoms with Crippen LogP contribution in [-0.4, -0.2) is 6.54 Å². The van der Waals surface area contributed by atoms with Gasteiger partial charge in [-0.2, -0.15) is 0 Å². The summed E-state index contributed by atoms with van der Waals surface area (Å²) < 4.78 is 11.5. The van der Waals surface area contributed by atoms with Gasteiger partial charge in [-0.15, -0.1) is 0 Å². The van der Waals surface area contributed by atoms with Crippen molar-refractivity contribution in [3.63, 3.8) is 0 Å². The summed E-state index contributed by atoms with van der Waals surface area (Å²) in [6, 6.07) is 10.2. The van der Waals surface area contributed by atoms with E-state index in [-0.39, 0.29) is 0 Å². The van der Waals surface area contributed by atoms with Crippen LogP contribution < -0.4 is 5.32 Å². The molecule has 0 saturated heterocycles. The Bertz CT molecular complexity index is 694. The van der Waals surface area contributed by atoms with Crippen molar-refractivity contribution in [2.24, 2.45) is 0 Å². The van der Waals surface area contributed by atoms with Gasteiger partial charge < -0.3 is 14.2 Å². The molecule has 0 fully saturated rings. The van der Waals surface area contributed by atoms with E-state index >= 15 is 0 Å². The van der Waals surface area contributed by atoms with E-state index in [1.165, 1.54) is 0 Å². The summed E-state index contributed by atoms with van der Waals surface area (Å²) in [6.45, 7) is 5.77. The molecule has 19 heavy (non-hydrogen) atoms. The lowest BCUT2D eigenvalue weighted by Gasteiger charge is -2.00. The van der Waals surface area contributed by atoms with Gasteiger partial charge in [0.2, 0.25) is 0 Å². The normalized spacial score (nSPS) is 11.3. The number of aryl methyl sites for hydroxylation is 1. The average molecular weight is 255 g/mol. The predicted octanol–water partition coefficient (Wildman–Crippen LogP) is 4.11. The first kappa shape index (κ1) is 12.1. The molecule has 0 aliphatic carbocycles. The Morgan fingerprint density at radius 2 is 2.11 bits per heavy atom. The van der Waals surface area contributed by atoms with Crippen LogP contribution in [0.1, 0.15) is 18.2 Å². The summed E-state index contributed by atoms with van der Waals surface area (Å²) in [6.07, 6.45) is 1.71. The number of fused-ring (bicyclic) bond motifs is 1. The highest BCUT2D eigenvalue weighted by Gasteiger charge is 2.13. The van der Waals surface area contributed by atoms with Crippen LogP contribution in [0.25, 0.3) is 22.3 Å². The molecule has 0 saturated carbocycles. The van der Waals surface area contributed by atoms with Crippen molar-refractivity contribution in [3.05, 3.63) is 47.9 Å². The Balaban J connectivity index is 2.04. The molecule has 3 aromatic rings. The van der Waals surface area contributed by atoms with E-state index in [2.05, 4.69) is 37.4 Å². The lowest BCUT2D eigenvalue weighted by molar-refractivity contribution is 0.487. The number of benzene rings is 1. The summed E-state index contributed by atoms with van der Waals surface area (Å²) in [5, 5.41) is 4.40. The Morgan fingerprint density at radius 1 is 1.21 bits per heavy atom. The second-order valence-electron chi connectivity index (χ2n) is 4.64. The fourth-order valence-corrected chi connectivity index (χ4v) is 2.28. The lowest BCUT2D eigenvalue weighted by Crippen LogP contribution is -2.11. The molecular weight excluding hydrogens is 238 g/mol. The summed E-state index contributed by atoms with van der Waals surface area (Å²) in [5.74, 6) is 1.78. The molecule has 3 nitrogen and oxygen atoms in total. The smallest absolute Gasteiger partial charge is 0.138 e. The molecule has 0 unspecified atom stereocenters. The third-order valence-corrected chi connectivity index (χ3v) is 3.29. The summed E-state index contributed by atoms with van der Waals surface area (Å²) in [5.41, 5.74) is 3.13. The van der Waals surface area contributed by atoms with E-state index in [4.69, 9.17) is 8.83 Å². The highest BCUT2D eigenvalue weighted by Crippen LogP contribution is 2.32. The Kier molecular flexibility index (Phi) is 3.13. The zero-order chi connectivity index (χ0) is 13.2. The predicted molar refractivity (Wildman–Crippen MR) is 76.0 cm³/mol. The number of para-hydroxylation sites is 1. The quantitative estimate of drug-likeness (QED) is 0.762. The molecule has 0 radical (unpaired) electrons. The Morgan fingerprint density at radius 3 is 2.89 bits per heavy atom. The van der Waals surface area contributed by atoms with Crippen molar-refractivity contribution in [3.8, 4) is 11.3 Å². The lowest BCUT2D eigenvalue weighted by atomic mass is 10.1. The van der Waals surface area contributed by atoms with Crippen LogP contribution in [0.3, 0.4) is 0 Å². The van der Waals surface area contributed by atoms with Gasteiger partial charge >= 0.3 is 0 Å². The maximum atomic E-state index is 5.98. The summed E-state index contributed by atoms with van der Waals surface area (Å²) >= 11 is 0. The fraction of sp³-hybridized carbons (Fsp3) is 0.250. The van der Waals surface area contributed by atoms with Gasteiger partial charge in [-0.05, 0) is 31.2 Å². The molecule has 0 atom stereocenters. The first-order valence-corrected chi connectivity index (χ1v) is 6.56. The maximum Gasteiger partial charge on any atom is 0.138 e. The summed E-state index contributed by atoms with van der Waals surface area (Å²) in [7, 11) is 0. The monoisotopic (exact) mass is 255 g/mol. The highest BCUT2D eigenvalue weighted by atomic mass is 16.3. The van der Waals surface area contributed by atoms with Gasteiger partial charge in [0, 0.05) is 5.39 Å². The van der Waals surface area contributed by atoms with E-state index in [0.717, 1.165) is 46.7 Å². The third-order valence-electron chi connectivity index (χ3n) is 3.29. The number of nitrogens with one attached hydrogen (secondary N) is 1. The van der Waals surface area contributed by atoms with Gasteiger partial charge in [0.1, 0.15) is 17.1 Å². The molecule has 3 rings (SSSR count). The van der Waals surface area contributed by atoms with Crippen LogP contribution in [0.5, 0.6) is 0 Å². The number of rotatable bonds is 4.